The molecule has 1 fully saturated rings. The zero-order chi connectivity index (χ0) is 25.8. The van der Waals surface area contributed by atoms with Crippen molar-refractivity contribution >= 4 is 44.3 Å². The second-order valence-corrected chi connectivity index (χ2v) is 13.1. The summed E-state index contributed by atoms with van der Waals surface area (Å²) in [5.74, 6) is -0.835. The number of thiophene rings is 2. The minimum absolute atomic E-state index is 0.190. The number of hydrogen-bond acceptors (Lipinski definition) is 6. The fourth-order valence-electron chi connectivity index (χ4n) is 4.73. The molecule has 6 nitrogen and oxygen atoms in total. The number of hydrogen-bond donors (Lipinski definition) is 0. The minimum atomic E-state index is -3.50. The van der Waals surface area contributed by atoms with Crippen molar-refractivity contribution in [3.63, 3.8) is 0 Å². The summed E-state index contributed by atoms with van der Waals surface area (Å²) in [7, 11) is -3.50. The molecule has 190 valence electrons. The predicted molar refractivity (Wildman–Crippen MR) is 147 cm³/mol. The third-order valence-corrected chi connectivity index (χ3v) is 9.89. The summed E-state index contributed by atoms with van der Waals surface area (Å²) in [5, 5.41) is 3.66. The first kappa shape index (κ1) is 25.4. The van der Waals surface area contributed by atoms with Crippen molar-refractivity contribution in [1.29, 1.82) is 0 Å². The lowest BCUT2D eigenvalue weighted by atomic mass is 10.0. The molecule has 2 amide bonds. The molecule has 0 bridgehead atoms. The van der Waals surface area contributed by atoms with Gasteiger partial charge in [0.15, 0.2) is 9.84 Å². The van der Waals surface area contributed by atoms with Gasteiger partial charge in [-0.1, -0.05) is 72.8 Å². The number of carbonyl (C=O) groups excluding carboxylic acids is 2. The predicted octanol–water partition coefficient (Wildman–Crippen LogP) is 4.96. The monoisotopic (exact) mass is 550 g/mol. The van der Waals surface area contributed by atoms with E-state index in [1.807, 2.05) is 83.6 Å². The third kappa shape index (κ3) is 5.84. The van der Waals surface area contributed by atoms with Gasteiger partial charge in [0.05, 0.1) is 33.3 Å². The highest BCUT2D eigenvalue weighted by atomic mass is 32.2. The third-order valence-electron chi connectivity index (χ3n) is 6.47. The van der Waals surface area contributed by atoms with Gasteiger partial charge in [-0.15, -0.1) is 22.7 Å². The Morgan fingerprint density at radius 3 is 1.41 bits per heavy atom. The zero-order valence-corrected chi connectivity index (χ0v) is 22.4. The summed E-state index contributed by atoms with van der Waals surface area (Å²) in [6, 6.07) is 24.8. The molecule has 0 aliphatic carbocycles. The first-order valence-corrected chi connectivity index (χ1v) is 15.5. The number of nitrogens with zero attached hydrogens (tertiary/aromatic N) is 2. The number of amides is 2. The lowest BCUT2D eigenvalue weighted by Gasteiger charge is -2.38. The van der Waals surface area contributed by atoms with Crippen LogP contribution in [0.3, 0.4) is 0 Å². The Bertz CT molecular complexity index is 1330. The van der Waals surface area contributed by atoms with Gasteiger partial charge in [-0.2, -0.15) is 0 Å². The molecule has 0 unspecified atom stereocenters. The van der Waals surface area contributed by atoms with E-state index in [0.29, 0.717) is 9.75 Å². The van der Waals surface area contributed by atoms with Crippen LogP contribution in [-0.4, -0.2) is 53.6 Å². The van der Waals surface area contributed by atoms with Crippen LogP contribution in [-0.2, 0) is 22.9 Å². The molecule has 37 heavy (non-hydrogen) atoms. The quantitative estimate of drug-likeness (QED) is 0.311. The second-order valence-electron chi connectivity index (χ2n) is 9.00. The number of carbonyl (C=O) groups is 2. The largest absolute Gasteiger partial charge is 0.328 e. The van der Waals surface area contributed by atoms with Crippen LogP contribution in [0.2, 0.25) is 0 Å². The molecular weight excluding hydrogens is 525 g/mol. The number of rotatable bonds is 8. The maximum atomic E-state index is 13.8. The first-order valence-electron chi connectivity index (χ1n) is 11.9. The van der Waals surface area contributed by atoms with E-state index in [9.17, 15) is 18.0 Å². The highest BCUT2D eigenvalue weighted by Crippen LogP contribution is 2.30. The van der Waals surface area contributed by atoms with Gasteiger partial charge < -0.3 is 9.80 Å². The molecule has 2 aromatic heterocycles. The molecule has 4 aromatic rings. The molecule has 1 aliphatic heterocycles. The average molecular weight is 551 g/mol. The van der Waals surface area contributed by atoms with Crippen LogP contribution < -0.4 is 0 Å². The maximum absolute atomic E-state index is 13.8. The zero-order valence-electron chi connectivity index (χ0n) is 20.0. The van der Waals surface area contributed by atoms with Crippen LogP contribution in [0.15, 0.2) is 95.7 Å². The Morgan fingerprint density at radius 1 is 0.649 bits per heavy atom. The molecule has 2 aromatic carbocycles. The van der Waals surface area contributed by atoms with Gasteiger partial charge in [-0.05, 0) is 34.0 Å². The van der Waals surface area contributed by atoms with E-state index in [1.165, 1.54) is 22.7 Å². The van der Waals surface area contributed by atoms with Gasteiger partial charge in [-0.3, -0.25) is 9.59 Å². The summed E-state index contributed by atoms with van der Waals surface area (Å²) in [5.41, 5.74) is 1.80. The topological polar surface area (TPSA) is 74.8 Å². The SMILES string of the molecule is O=C(c1cccs1)N(Cc1ccccc1)[C@H]1CS(=O)(=O)C[C@@H]1N(Cc1ccccc1)C(=O)c1cccs1. The van der Waals surface area contributed by atoms with Gasteiger partial charge in [0.1, 0.15) is 0 Å². The normalized spacial score (nSPS) is 18.4. The van der Waals surface area contributed by atoms with Crippen molar-refractivity contribution in [3.05, 3.63) is 117 Å². The molecule has 5 rings (SSSR count). The molecular formula is C28H26N2O4S3. The van der Waals surface area contributed by atoms with Crippen LogP contribution >= 0.6 is 22.7 Å². The molecule has 1 saturated heterocycles. The maximum Gasteiger partial charge on any atom is 0.264 e. The van der Waals surface area contributed by atoms with Crippen molar-refractivity contribution in [2.24, 2.45) is 0 Å². The summed E-state index contributed by atoms with van der Waals surface area (Å²) >= 11 is 2.65. The molecule has 9 heteroatoms. The number of benzene rings is 2. The van der Waals surface area contributed by atoms with Crippen LogP contribution in [0.1, 0.15) is 30.5 Å². The first-order chi connectivity index (χ1) is 17.9. The van der Waals surface area contributed by atoms with Crippen LogP contribution in [0.5, 0.6) is 0 Å². The molecule has 0 saturated carbocycles. The fraction of sp³-hybridized carbons (Fsp3) is 0.214. The van der Waals surface area contributed by atoms with Crippen LogP contribution in [0.4, 0.5) is 0 Å². The van der Waals surface area contributed by atoms with Gasteiger partial charge in [-0.25, -0.2) is 8.42 Å². The molecule has 0 radical (unpaired) electrons. The highest BCUT2D eigenvalue weighted by Gasteiger charge is 2.47. The Hall–Kier alpha value is -3.27. The molecule has 2 atom stereocenters. The van der Waals surface area contributed by atoms with E-state index >= 15 is 0 Å². The van der Waals surface area contributed by atoms with E-state index < -0.39 is 21.9 Å². The molecule has 0 spiro atoms. The van der Waals surface area contributed by atoms with Gasteiger partial charge in [0.25, 0.3) is 11.8 Å². The van der Waals surface area contributed by atoms with Crippen LogP contribution in [0.25, 0.3) is 0 Å². The van der Waals surface area contributed by atoms with Crippen molar-refractivity contribution in [1.82, 2.24) is 9.80 Å². The Kier molecular flexibility index (Phi) is 7.55. The summed E-state index contributed by atoms with van der Waals surface area (Å²) in [6.45, 7) is 0.501. The van der Waals surface area contributed by atoms with Crippen molar-refractivity contribution in [2.75, 3.05) is 11.5 Å². The second kappa shape index (κ2) is 11.0. The van der Waals surface area contributed by atoms with Gasteiger partial charge in [0, 0.05) is 13.1 Å². The van der Waals surface area contributed by atoms with Gasteiger partial charge in [0.2, 0.25) is 0 Å². The van der Waals surface area contributed by atoms with E-state index in [2.05, 4.69) is 0 Å². The van der Waals surface area contributed by atoms with E-state index in [0.717, 1.165) is 11.1 Å². The number of sulfone groups is 1. The van der Waals surface area contributed by atoms with Gasteiger partial charge >= 0.3 is 0 Å². The lowest BCUT2D eigenvalue weighted by molar-refractivity contribution is 0.0463. The van der Waals surface area contributed by atoms with E-state index in [1.54, 1.807) is 21.9 Å². The standard InChI is InChI=1S/C28H26N2O4S3/c31-27(25-13-7-15-35-25)29(17-21-9-3-1-4-10-21)23-19-37(33,34)20-24(23)30(18-22-11-5-2-6-12-22)28(32)26-14-8-16-36-26/h1-16,23-24H,17-20H2/t23-,24-/m0/s1. The Balaban J connectivity index is 1.57. The Labute approximate surface area is 224 Å². The fourth-order valence-corrected chi connectivity index (χ4v) is 8.07. The minimum Gasteiger partial charge on any atom is -0.328 e. The molecule has 3 heterocycles. The summed E-state index contributed by atoms with van der Waals surface area (Å²) < 4.78 is 26.2. The Morgan fingerprint density at radius 2 is 1.05 bits per heavy atom. The highest BCUT2D eigenvalue weighted by molar-refractivity contribution is 7.91. The van der Waals surface area contributed by atoms with Crippen molar-refractivity contribution in [3.8, 4) is 0 Å². The molecule has 0 N–H and O–H groups in total. The summed E-state index contributed by atoms with van der Waals surface area (Å²) in [6.07, 6.45) is 0. The van der Waals surface area contributed by atoms with Crippen molar-refractivity contribution in [2.45, 2.75) is 25.2 Å². The van der Waals surface area contributed by atoms with E-state index in [-0.39, 0.29) is 36.4 Å². The van der Waals surface area contributed by atoms with Crippen LogP contribution in [0, 0.1) is 0 Å². The summed E-state index contributed by atoms with van der Waals surface area (Å²) in [4.78, 5) is 31.9. The van der Waals surface area contributed by atoms with Crippen molar-refractivity contribution < 1.29 is 18.0 Å². The van der Waals surface area contributed by atoms with E-state index in [4.69, 9.17) is 0 Å². The molecule has 1 aliphatic rings. The average Bonchev–Trinajstić information content (AvgIpc) is 3.68. The lowest BCUT2D eigenvalue weighted by Crippen LogP contribution is -2.54. The smallest absolute Gasteiger partial charge is 0.264 e.